The number of methoxy groups -OCH3 is 1. The van der Waals surface area contributed by atoms with E-state index in [4.69, 9.17) is 5.73 Å². The fourth-order valence-electron chi connectivity index (χ4n) is 2.03. The number of ether oxygens (including phenoxy) is 1. The number of rotatable bonds is 6. The number of aromatic nitrogens is 2. The lowest BCUT2D eigenvalue weighted by Crippen LogP contribution is -2.24. The van der Waals surface area contributed by atoms with E-state index in [-0.39, 0.29) is 22.2 Å². The second kappa shape index (κ2) is 8.62. The van der Waals surface area contributed by atoms with Crippen LogP contribution in [0.5, 0.6) is 0 Å². The van der Waals surface area contributed by atoms with E-state index in [9.17, 15) is 23.2 Å². The van der Waals surface area contributed by atoms with E-state index in [2.05, 4.69) is 20.0 Å². The third kappa shape index (κ3) is 4.82. The molecule has 4 N–H and O–H groups in total. The number of amides is 1. The number of anilines is 2. The molecule has 8 nitrogen and oxygen atoms in total. The first-order valence-corrected chi connectivity index (χ1v) is 8.55. The highest BCUT2D eigenvalue weighted by Gasteiger charge is 2.21. The van der Waals surface area contributed by atoms with Crippen molar-refractivity contribution < 1.29 is 23.1 Å². The van der Waals surface area contributed by atoms with Crippen LogP contribution in [0.4, 0.5) is 20.3 Å². The first-order valence-electron chi connectivity index (χ1n) is 7.67. The molecule has 0 aliphatic heterocycles. The molecule has 1 amide bonds. The molecular weight excluding hydrogens is 382 g/mol. The number of H-pyrrole nitrogens is 1. The van der Waals surface area contributed by atoms with Crippen molar-refractivity contribution in [2.45, 2.75) is 23.8 Å². The average molecular weight is 398 g/mol. The predicted molar refractivity (Wildman–Crippen MR) is 95.5 cm³/mol. The van der Waals surface area contributed by atoms with Crippen molar-refractivity contribution in [2.75, 3.05) is 18.2 Å². The molecule has 1 aromatic heterocycles. The molecule has 0 spiro atoms. The molecule has 2 aromatic rings. The lowest BCUT2D eigenvalue weighted by Gasteiger charge is -2.12. The Kier molecular flexibility index (Phi) is 6.50. The molecule has 0 aliphatic carbocycles. The predicted octanol–water partition coefficient (Wildman–Crippen LogP) is 1.93. The van der Waals surface area contributed by atoms with Crippen LogP contribution in [0.3, 0.4) is 0 Å². The fraction of sp³-hybridized carbons (Fsp3) is 0.250. The minimum Gasteiger partial charge on any atom is -0.468 e. The number of esters is 1. The van der Waals surface area contributed by atoms with Crippen LogP contribution in [-0.4, -0.2) is 34.2 Å². The number of halogens is 2. The summed E-state index contributed by atoms with van der Waals surface area (Å²) in [6.45, 7) is 1.76. The molecule has 1 aromatic carbocycles. The largest absolute Gasteiger partial charge is 0.468 e. The number of thioether (sulfide) groups is 1. The number of carbonyl (C=O) groups is 2. The van der Waals surface area contributed by atoms with Crippen LogP contribution in [0.1, 0.15) is 23.7 Å². The lowest BCUT2D eigenvalue weighted by molar-refractivity contribution is -0.140. The van der Waals surface area contributed by atoms with Crippen molar-refractivity contribution in [3.63, 3.8) is 0 Å². The van der Waals surface area contributed by atoms with Gasteiger partial charge in [0.2, 0.25) is 0 Å². The van der Waals surface area contributed by atoms with Crippen molar-refractivity contribution in [2.24, 2.45) is 0 Å². The first-order chi connectivity index (χ1) is 12.8. The number of nitrogens with zero attached hydrogens (tertiary/aromatic N) is 1. The first kappa shape index (κ1) is 20.4. The maximum absolute atomic E-state index is 13.2. The molecule has 0 aliphatic rings. The van der Waals surface area contributed by atoms with Gasteiger partial charge in [-0.1, -0.05) is 18.7 Å². The molecule has 2 rings (SSSR count). The van der Waals surface area contributed by atoms with Crippen LogP contribution < -0.4 is 16.6 Å². The van der Waals surface area contributed by atoms with Crippen LogP contribution in [0.15, 0.2) is 28.2 Å². The van der Waals surface area contributed by atoms with Gasteiger partial charge in [-0.25, -0.2) is 13.8 Å². The average Bonchev–Trinajstić information content (AvgIpc) is 2.64. The highest BCUT2D eigenvalue weighted by molar-refractivity contribution is 8.00. The number of aromatic amines is 1. The Bertz CT molecular complexity index is 935. The number of nitrogens with two attached hydrogens (primary N) is 1. The van der Waals surface area contributed by atoms with Gasteiger partial charge in [-0.2, -0.15) is 0 Å². The Morgan fingerprint density at radius 1 is 1.37 bits per heavy atom. The van der Waals surface area contributed by atoms with Gasteiger partial charge in [0.1, 0.15) is 10.9 Å². The summed E-state index contributed by atoms with van der Waals surface area (Å²) in [6.07, 6.45) is 0.426. The van der Waals surface area contributed by atoms with Gasteiger partial charge in [-0.05, 0) is 24.6 Å². The zero-order valence-corrected chi connectivity index (χ0v) is 15.2. The second-order valence-electron chi connectivity index (χ2n) is 5.25. The number of carbonyl (C=O) groups excluding carboxylic acids is 2. The molecule has 0 saturated carbocycles. The number of hydrogen-bond donors (Lipinski definition) is 3. The molecular formula is C16H16F2N4O4S. The number of hydrogen-bond acceptors (Lipinski definition) is 7. The zero-order valence-electron chi connectivity index (χ0n) is 14.3. The smallest absolute Gasteiger partial charge is 0.319 e. The van der Waals surface area contributed by atoms with Crippen molar-refractivity contribution in [1.82, 2.24) is 9.97 Å². The fourth-order valence-corrected chi connectivity index (χ4v) is 2.96. The van der Waals surface area contributed by atoms with Crippen molar-refractivity contribution in [3.8, 4) is 0 Å². The summed E-state index contributed by atoms with van der Waals surface area (Å²) in [5.74, 6) is -3.96. The zero-order chi connectivity index (χ0) is 20.1. The summed E-state index contributed by atoms with van der Waals surface area (Å²) in [5, 5.41) is 1.68. The summed E-state index contributed by atoms with van der Waals surface area (Å²) in [6, 6.07) is 2.53. The molecule has 0 unspecified atom stereocenters. The summed E-state index contributed by atoms with van der Waals surface area (Å²) in [4.78, 5) is 42.3. The van der Waals surface area contributed by atoms with E-state index in [1.165, 1.54) is 7.11 Å². The molecule has 144 valence electrons. The van der Waals surface area contributed by atoms with E-state index in [0.29, 0.717) is 12.5 Å². The Hall–Kier alpha value is -2.95. The van der Waals surface area contributed by atoms with Crippen LogP contribution in [0.25, 0.3) is 0 Å². The van der Waals surface area contributed by atoms with Gasteiger partial charge in [0.25, 0.3) is 11.5 Å². The standard InChI is InChI=1S/C16H16F2N4O4S/c1-3-10(15(25)26-2)27-16-21-12(19)11(14(24)22-16)20-13(23)7-4-5-8(17)9(18)6-7/h4-6,10H,3H2,1-2H3,(H,20,23)(H3,19,21,22,24)/t10-/m0/s1. The number of nitrogen functional groups attached to an aromatic ring is 1. The number of benzene rings is 1. The minimum absolute atomic E-state index is 0.0700. The van der Waals surface area contributed by atoms with Crippen LogP contribution in [0, 0.1) is 11.6 Å². The summed E-state index contributed by atoms with van der Waals surface area (Å²) < 4.78 is 30.8. The lowest BCUT2D eigenvalue weighted by atomic mass is 10.2. The molecule has 1 atom stereocenters. The molecule has 27 heavy (non-hydrogen) atoms. The van der Waals surface area contributed by atoms with E-state index in [0.717, 1.165) is 23.9 Å². The van der Waals surface area contributed by atoms with Gasteiger partial charge in [-0.15, -0.1) is 0 Å². The highest BCUT2D eigenvalue weighted by atomic mass is 32.2. The van der Waals surface area contributed by atoms with Crippen molar-refractivity contribution >= 4 is 35.1 Å². The maximum Gasteiger partial charge on any atom is 0.319 e. The highest BCUT2D eigenvalue weighted by Crippen LogP contribution is 2.24. The molecule has 1 heterocycles. The van der Waals surface area contributed by atoms with Gasteiger partial charge < -0.3 is 15.8 Å². The maximum atomic E-state index is 13.2. The molecule has 0 saturated heterocycles. The monoisotopic (exact) mass is 398 g/mol. The van der Waals surface area contributed by atoms with Gasteiger partial charge in [0.15, 0.2) is 22.6 Å². The molecule has 0 fully saturated rings. The Balaban J connectivity index is 2.23. The molecule has 11 heteroatoms. The summed E-state index contributed by atoms with van der Waals surface area (Å²) in [7, 11) is 1.24. The molecule has 0 radical (unpaired) electrons. The minimum atomic E-state index is -1.21. The van der Waals surface area contributed by atoms with Gasteiger partial charge in [0.05, 0.1) is 7.11 Å². The second-order valence-corrected chi connectivity index (χ2v) is 6.44. The van der Waals surface area contributed by atoms with E-state index in [1.807, 2.05) is 0 Å². The molecule has 0 bridgehead atoms. The van der Waals surface area contributed by atoms with Crippen LogP contribution in [0.2, 0.25) is 0 Å². The van der Waals surface area contributed by atoms with Crippen molar-refractivity contribution in [1.29, 1.82) is 0 Å². The van der Waals surface area contributed by atoms with E-state index < -0.39 is 34.3 Å². The normalized spacial score (nSPS) is 11.7. The quantitative estimate of drug-likeness (QED) is 0.385. The third-order valence-electron chi connectivity index (χ3n) is 3.43. The summed E-state index contributed by atoms with van der Waals surface area (Å²) in [5.41, 5.74) is 4.40. The van der Waals surface area contributed by atoms with Crippen LogP contribution >= 0.6 is 11.8 Å². The SMILES string of the molecule is CC[C@H](Sc1nc(N)c(NC(=O)c2ccc(F)c(F)c2)c(=O)[nH]1)C(=O)OC. The van der Waals surface area contributed by atoms with Gasteiger partial charge in [-0.3, -0.25) is 19.4 Å². The number of nitrogens with one attached hydrogen (secondary N) is 2. The Morgan fingerprint density at radius 2 is 2.07 bits per heavy atom. The Labute approximate surface area is 156 Å². The van der Waals surface area contributed by atoms with Gasteiger partial charge >= 0.3 is 5.97 Å². The summed E-state index contributed by atoms with van der Waals surface area (Å²) >= 11 is 0.952. The van der Waals surface area contributed by atoms with Crippen molar-refractivity contribution in [3.05, 3.63) is 45.8 Å². The van der Waals surface area contributed by atoms with Gasteiger partial charge in [0, 0.05) is 5.56 Å². The topological polar surface area (TPSA) is 127 Å². The van der Waals surface area contributed by atoms with Crippen LogP contribution in [-0.2, 0) is 9.53 Å². The van der Waals surface area contributed by atoms with E-state index in [1.54, 1.807) is 6.92 Å². The third-order valence-corrected chi connectivity index (χ3v) is 4.66. The van der Waals surface area contributed by atoms with E-state index >= 15 is 0 Å². The Morgan fingerprint density at radius 3 is 2.63 bits per heavy atom.